The fourth-order valence-electron chi connectivity index (χ4n) is 5.29. The van der Waals surface area contributed by atoms with E-state index in [2.05, 4.69) is 41.3 Å². The maximum Gasteiger partial charge on any atom is 0.203 e. The fourth-order valence-corrected chi connectivity index (χ4v) is 5.29. The van der Waals surface area contributed by atoms with Gasteiger partial charge in [-0.15, -0.1) is 0 Å². The van der Waals surface area contributed by atoms with Crippen molar-refractivity contribution >= 4 is 5.69 Å². The number of ether oxygens (including phenoxy) is 6. The van der Waals surface area contributed by atoms with Gasteiger partial charge in [0.1, 0.15) is 0 Å². The summed E-state index contributed by atoms with van der Waals surface area (Å²) in [4.78, 5) is 7.51. The number of hydrogen-bond acceptors (Lipinski definition) is 8. The zero-order valence-electron chi connectivity index (χ0n) is 24.4. The Morgan fingerprint density at radius 1 is 0.488 bits per heavy atom. The lowest BCUT2D eigenvalue weighted by Crippen LogP contribution is -2.17. The van der Waals surface area contributed by atoms with Gasteiger partial charge in [-0.2, -0.15) is 0 Å². The van der Waals surface area contributed by atoms with Gasteiger partial charge in [0.2, 0.25) is 11.5 Å². The van der Waals surface area contributed by atoms with Crippen LogP contribution in [0.25, 0.3) is 33.6 Å². The van der Waals surface area contributed by atoms with Crippen LogP contribution in [-0.2, 0) is 0 Å². The second-order valence-electron chi connectivity index (χ2n) is 9.70. The molecule has 8 nitrogen and oxygen atoms in total. The lowest BCUT2D eigenvalue weighted by atomic mass is 9.99. The summed E-state index contributed by atoms with van der Waals surface area (Å²) in [5.41, 5.74) is 6.48. The molecule has 0 saturated carbocycles. The Hall–Kier alpha value is -4.59. The van der Waals surface area contributed by atoms with E-state index in [9.17, 15) is 0 Å². The van der Waals surface area contributed by atoms with Crippen molar-refractivity contribution < 1.29 is 28.4 Å². The first-order valence-corrected chi connectivity index (χ1v) is 13.5. The molecular formula is C33H36N2O6. The second kappa shape index (κ2) is 12.3. The number of pyridine rings is 1. The van der Waals surface area contributed by atoms with Crippen LogP contribution in [0.4, 0.5) is 5.69 Å². The predicted molar refractivity (Wildman–Crippen MR) is 161 cm³/mol. The van der Waals surface area contributed by atoms with E-state index >= 15 is 0 Å². The Balaban J connectivity index is 1.69. The van der Waals surface area contributed by atoms with Gasteiger partial charge in [-0.3, -0.25) is 0 Å². The lowest BCUT2D eigenvalue weighted by molar-refractivity contribution is 0.324. The number of nitrogens with zero attached hydrogens (tertiary/aromatic N) is 2. The van der Waals surface area contributed by atoms with Crippen LogP contribution < -0.4 is 33.3 Å². The highest BCUT2D eigenvalue weighted by Crippen LogP contribution is 2.44. The average molecular weight is 557 g/mol. The van der Waals surface area contributed by atoms with E-state index in [-0.39, 0.29) is 0 Å². The highest BCUT2D eigenvalue weighted by atomic mass is 16.5. The third-order valence-electron chi connectivity index (χ3n) is 7.42. The third kappa shape index (κ3) is 5.55. The van der Waals surface area contributed by atoms with E-state index in [1.54, 1.807) is 42.7 Å². The summed E-state index contributed by atoms with van der Waals surface area (Å²) in [7, 11) is 9.60. The summed E-state index contributed by atoms with van der Waals surface area (Å²) in [6.07, 6.45) is 2.48. The maximum atomic E-state index is 5.63. The van der Waals surface area contributed by atoms with E-state index < -0.39 is 0 Å². The molecule has 2 heterocycles. The SMILES string of the molecule is COc1cc(-c2cc(-c3ccc(N4CCCC4)cc3)cc(-c3cc(OC)c(OC)c(OC)c3)n2)cc(OC)c1OC. The molecule has 0 atom stereocenters. The third-order valence-corrected chi connectivity index (χ3v) is 7.42. The number of benzene rings is 3. The zero-order valence-corrected chi connectivity index (χ0v) is 24.4. The number of hydrogen-bond donors (Lipinski definition) is 0. The lowest BCUT2D eigenvalue weighted by Gasteiger charge is -2.18. The number of rotatable bonds is 10. The summed E-state index contributed by atoms with van der Waals surface area (Å²) in [6, 6.07) is 20.5. The molecule has 41 heavy (non-hydrogen) atoms. The van der Waals surface area contributed by atoms with Crippen molar-refractivity contribution in [3.63, 3.8) is 0 Å². The fraction of sp³-hybridized carbons (Fsp3) is 0.303. The van der Waals surface area contributed by atoms with Gasteiger partial charge in [-0.1, -0.05) is 12.1 Å². The van der Waals surface area contributed by atoms with Crippen LogP contribution in [0.15, 0.2) is 60.7 Å². The van der Waals surface area contributed by atoms with Gasteiger partial charge in [0.15, 0.2) is 23.0 Å². The van der Waals surface area contributed by atoms with Crippen LogP contribution in [0.5, 0.6) is 34.5 Å². The molecule has 0 N–H and O–H groups in total. The Bertz CT molecular complexity index is 1380. The molecule has 8 heteroatoms. The molecule has 1 aromatic heterocycles. The van der Waals surface area contributed by atoms with Crippen molar-refractivity contribution in [3.05, 3.63) is 60.7 Å². The molecule has 4 aromatic rings. The molecule has 214 valence electrons. The van der Waals surface area contributed by atoms with Gasteiger partial charge in [0, 0.05) is 29.9 Å². The molecule has 0 spiro atoms. The number of anilines is 1. The molecule has 0 unspecified atom stereocenters. The molecule has 0 bridgehead atoms. The van der Waals surface area contributed by atoms with Crippen molar-refractivity contribution in [2.24, 2.45) is 0 Å². The smallest absolute Gasteiger partial charge is 0.203 e. The molecule has 0 radical (unpaired) electrons. The monoisotopic (exact) mass is 556 g/mol. The molecule has 5 rings (SSSR count). The van der Waals surface area contributed by atoms with Crippen molar-refractivity contribution in [1.82, 2.24) is 4.98 Å². The van der Waals surface area contributed by atoms with Crippen molar-refractivity contribution in [1.29, 1.82) is 0 Å². The van der Waals surface area contributed by atoms with Crippen LogP contribution in [0.3, 0.4) is 0 Å². The number of methoxy groups -OCH3 is 6. The summed E-state index contributed by atoms with van der Waals surface area (Å²) in [5.74, 6) is 3.27. The highest BCUT2D eigenvalue weighted by molar-refractivity contribution is 5.80. The van der Waals surface area contributed by atoms with Crippen LogP contribution in [0, 0.1) is 0 Å². The van der Waals surface area contributed by atoms with Crippen LogP contribution >= 0.6 is 0 Å². The second-order valence-corrected chi connectivity index (χ2v) is 9.70. The van der Waals surface area contributed by atoms with Gasteiger partial charge in [-0.05, 0) is 72.5 Å². The van der Waals surface area contributed by atoms with E-state index in [4.69, 9.17) is 33.4 Å². The molecule has 1 aliphatic rings. The first-order chi connectivity index (χ1) is 20.0. The van der Waals surface area contributed by atoms with E-state index in [1.165, 1.54) is 18.5 Å². The minimum atomic E-state index is 0.525. The zero-order chi connectivity index (χ0) is 28.9. The summed E-state index contributed by atoms with van der Waals surface area (Å²) < 4.78 is 33.6. The maximum absolute atomic E-state index is 5.63. The van der Waals surface area contributed by atoms with Crippen LogP contribution in [0.1, 0.15) is 12.8 Å². The van der Waals surface area contributed by atoms with Gasteiger partial charge < -0.3 is 33.3 Å². The topological polar surface area (TPSA) is 71.5 Å². The minimum Gasteiger partial charge on any atom is -0.493 e. The van der Waals surface area contributed by atoms with Crippen molar-refractivity contribution in [2.75, 3.05) is 60.6 Å². The standard InChI is InChI=1S/C33H36N2O6/c1-36-28-17-23(18-29(37-2)32(28)40-5)26-15-22(21-9-11-25(12-10-21)35-13-7-8-14-35)16-27(34-26)24-19-30(38-3)33(41-6)31(20-24)39-4/h9-12,15-20H,7-8,13-14H2,1-6H3. The first kappa shape index (κ1) is 28.0. The van der Waals surface area contributed by atoms with E-state index in [1.807, 2.05) is 24.3 Å². The van der Waals surface area contributed by atoms with Gasteiger partial charge in [-0.25, -0.2) is 4.98 Å². The molecule has 1 fully saturated rings. The highest BCUT2D eigenvalue weighted by Gasteiger charge is 2.19. The first-order valence-electron chi connectivity index (χ1n) is 13.5. The molecule has 0 aliphatic carbocycles. The summed E-state index contributed by atoms with van der Waals surface area (Å²) in [6.45, 7) is 2.20. The molecule has 0 amide bonds. The van der Waals surface area contributed by atoms with E-state index in [0.29, 0.717) is 34.5 Å². The largest absolute Gasteiger partial charge is 0.493 e. The van der Waals surface area contributed by atoms with Crippen molar-refractivity contribution in [3.8, 4) is 68.1 Å². The molecular weight excluding hydrogens is 520 g/mol. The Labute approximate surface area is 241 Å². The Morgan fingerprint density at radius 3 is 1.27 bits per heavy atom. The van der Waals surface area contributed by atoms with Gasteiger partial charge in [0.25, 0.3) is 0 Å². The summed E-state index contributed by atoms with van der Waals surface area (Å²) >= 11 is 0. The molecule has 3 aromatic carbocycles. The Morgan fingerprint density at radius 2 is 0.902 bits per heavy atom. The minimum absolute atomic E-state index is 0.525. The molecule has 1 saturated heterocycles. The molecule has 1 aliphatic heterocycles. The van der Waals surface area contributed by atoms with Crippen LogP contribution in [0.2, 0.25) is 0 Å². The van der Waals surface area contributed by atoms with Crippen molar-refractivity contribution in [2.45, 2.75) is 12.8 Å². The normalized spacial score (nSPS) is 12.7. The predicted octanol–water partition coefficient (Wildman–Crippen LogP) is 6.73. The Kier molecular flexibility index (Phi) is 8.38. The van der Waals surface area contributed by atoms with Crippen LogP contribution in [-0.4, -0.2) is 60.7 Å². The number of aromatic nitrogens is 1. The van der Waals surface area contributed by atoms with Gasteiger partial charge in [0.05, 0.1) is 54.0 Å². The quantitative estimate of drug-likeness (QED) is 0.213. The van der Waals surface area contributed by atoms with E-state index in [0.717, 1.165) is 46.7 Å². The van der Waals surface area contributed by atoms with Gasteiger partial charge >= 0.3 is 0 Å². The summed E-state index contributed by atoms with van der Waals surface area (Å²) in [5, 5.41) is 0. The average Bonchev–Trinajstić information content (AvgIpc) is 3.58.